The fraction of sp³-hybridized carbons (Fsp3) is 0.375. The number of nitriles is 2. The van der Waals surface area contributed by atoms with Gasteiger partial charge in [-0.1, -0.05) is 19.1 Å². The van der Waals surface area contributed by atoms with Crippen molar-refractivity contribution in [1.82, 2.24) is 4.90 Å². The van der Waals surface area contributed by atoms with Gasteiger partial charge in [-0.3, -0.25) is 4.79 Å². The van der Waals surface area contributed by atoms with Crippen molar-refractivity contribution in [3.05, 3.63) is 58.7 Å². The number of halogens is 7. The second-order valence-corrected chi connectivity index (χ2v) is 7.71. The first-order valence-electron chi connectivity index (χ1n) is 11.0. The standard InChI is InChI=1S/C24H22F6N6O.ClH/c1-3-35(4-2)11-5-6-22(37)36(21-13-19(24(28,29)30)10-8-17(21)15-32)34-33-20-12-18(23(25,26)27)9-7-16(20)14-31;/h7-10,12-13H,3-6,11H2,1-2H3;1H. The van der Waals surface area contributed by atoms with Crippen molar-refractivity contribution in [3.63, 3.8) is 0 Å². The van der Waals surface area contributed by atoms with Crippen LogP contribution in [-0.4, -0.2) is 30.4 Å². The van der Waals surface area contributed by atoms with Gasteiger partial charge in [0.1, 0.15) is 17.8 Å². The predicted octanol–water partition coefficient (Wildman–Crippen LogP) is 7.04. The van der Waals surface area contributed by atoms with Gasteiger partial charge in [-0.05, 0) is 62.5 Å². The van der Waals surface area contributed by atoms with E-state index in [4.69, 9.17) is 0 Å². The number of rotatable bonds is 9. The number of hydrogen-bond donors (Lipinski definition) is 0. The van der Waals surface area contributed by atoms with E-state index >= 15 is 0 Å². The minimum atomic E-state index is -4.81. The summed E-state index contributed by atoms with van der Waals surface area (Å²) in [4.78, 5) is 15.1. The van der Waals surface area contributed by atoms with Crippen molar-refractivity contribution in [2.75, 3.05) is 24.6 Å². The quantitative estimate of drug-likeness (QED) is 0.187. The van der Waals surface area contributed by atoms with E-state index in [9.17, 15) is 41.7 Å². The van der Waals surface area contributed by atoms with Crippen molar-refractivity contribution in [2.45, 2.75) is 39.0 Å². The Morgan fingerprint density at radius 3 is 1.92 bits per heavy atom. The molecule has 0 aromatic heterocycles. The minimum Gasteiger partial charge on any atom is -0.304 e. The highest BCUT2D eigenvalue weighted by Gasteiger charge is 2.33. The maximum absolute atomic E-state index is 13.4. The number of carbonyl (C=O) groups is 1. The van der Waals surface area contributed by atoms with Gasteiger partial charge >= 0.3 is 12.4 Å². The number of anilines is 1. The maximum Gasteiger partial charge on any atom is 0.416 e. The molecular formula is C24H23ClF6N6O. The molecule has 0 saturated carbocycles. The van der Waals surface area contributed by atoms with Gasteiger partial charge in [0.05, 0.1) is 27.9 Å². The molecule has 38 heavy (non-hydrogen) atoms. The summed E-state index contributed by atoms with van der Waals surface area (Å²) in [5.41, 5.74) is -4.06. The summed E-state index contributed by atoms with van der Waals surface area (Å²) in [6.07, 6.45) is -9.50. The van der Waals surface area contributed by atoms with E-state index in [1.807, 2.05) is 18.7 Å². The third-order valence-corrected chi connectivity index (χ3v) is 5.36. The summed E-state index contributed by atoms with van der Waals surface area (Å²) >= 11 is 0. The maximum atomic E-state index is 13.4. The van der Waals surface area contributed by atoms with E-state index in [-0.39, 0.29) is 30.0 Å². The smallest absolute Gasteiger partial charge is 0.304 e. The van der Waals surface area contributed by atoms with Crippen molar-refractivity contribution in [3.8, 4) is 12.1 Å². The van der Waals surface area contributed by atoms with Crippen LogP contribution in [0.1, 0.15) is 48.9 Å². The van der Waals surface area contributed by atoms with Gasteiger partial charge in [-0.2, -0.15) is 41.9 Å². The average molecular weight is 561 g/mol. The molecule has 204 valence electrons. The van der Waals surface area contributed by atoms with Crippen LogP contribution >= 0.6 is 12.4 Å². The van der Waals surface area contributed by atoms with Crippen LogP contribution in [0, 0.1) is 22.7 Å². The van der Waals surface area contributed by atoms with Crippen LogP contribution in [0.5, 0.6) is 0 Å². The van der Waals surface area contributed by atoms with Crippen LogP contribution in [0.4, 0.5) is 37.7 Å². The molecule has 0 N–H and O–H groups in total. The van der Waals surface area contributed by atoms with Crippen molar-refractivity contribution in [1.29, 1.82) is 10.5 Å². The third kappa shape index (κ3) is 8.43. The van der Waals surface area contributed by atoms with Crippen LogP contribution < -0.4 is 5.01 Å². The van der Waals surface area contributed by atoms with E-state index < -0.39 is 40.8 Å². The summed E-state index contributed by atoms with van der Waals surface area (Å²) in [5.74, 6) is -0.836. The molecule has 0 radical (unpaired) electrons. The number of alkyl halides is 6. The van der Waals surface area contributed by atoms with Gasteiger partial charge in [-0.25, -0.2) is 0 Å². The normalized spacial score (nSPS) is 11.7. The van der Waals surface area contributed by atoms with Crippen LogP contribution in [0.2, 0.25) is 0 Å². The topological polar surface area (TPSA) is 95.8 Å². The van der Waals surface area contributed by atoms with Gasteiger partial charge in [0.25, 0.3) is 0 Å². The van der Waals surface area contributed by atoms with E-state index in [1.54, 1.807) is 12.1 Å². The zero-order chi connectivity index (χ0) is 27.8. The Balaban J connectivity index is 0.00000722. The molecule has 0 unspecified atom stereocenters. The molecule has 0 spiro atoms. The molecule has 14 heteroatoms. The molecule has 0 fully saturated rings. The summed E-state index contributed by atoms with van der Waals surface area (Å²) in [6, 6.07) is 7.43. The Morgan fingerprint density at radius 1 is 0.895 bits per heavy atom. The molecule has 0 aliphatic heterocycles. The van der Waals surface area contributed by atoms with E-state index in [0.717, 1.165) is 12.1 Å². The molecule has 0 aliphatic rings. The van der Waals surface area contributed by atoms with Crippen molar-refractivity contribution in [2.24, 2.45) is 10.3 Å². The van der Waals surface area contributed by atoms with E-state index in [2.05, 4.69) is 10.3 Å². The summed E-state index contributed by atoms with van der Waals surface area (Å²) in [6.45, 7) is 5.72. The monoisotopic (exact) mass is 560 g/mol. The first-order chi connectivity index (χ1) is 17.3. The van der Waals surface area contributed by atoms with Gasteiger partial charge in [-0.15, -0.1) is 17.5 Å². The zero-order valence-electron chi connectivity index (χ0n) is 20.3. The van der Waals surface area contributed by atoms with Gasteiger partial charge in [0.15, 0.2) is 0 Å². The lowest BCUT2D eigenvalue weighted by atomic mass is 10.1. The van der Waals surface area contributed by atoms with Crippen molar-refractivity contribution >= 4 is 29.7 Å². The summed E-state index contributed by atoms with van der Waals surface area (Å²) < 4.78 is 79.5. The number of carbonyl (C=O) groups excluding carboxylic acids is 1. The second-order valence-electron chi connectivity index (χ2n) is 7.71. The number of nitrogens with zero attached hydrogens (tertiary/aromatic N) is 6. The molecule has 0 bridgehead atoms. The minimum absolute atomic E-state index is 0. The largest absolute Gasteiger partial charge is 0.416 e. The number of benzene rings is 2. The Kier molecular flexibility index (Phi) is 11.7. The molecule has 0 saturated heterocycles. The lowest BCUT2D eigenvalue weighted by Crippen LogP contribution is -2.29. The highest BCUT2D eigenvalue weighted by Crippen LogP contribution is 2.36. The Hall–Kier alpha value is -3.68. The van der Waals surface area contributed by atoms with E-state index in [0.29, 0.717) is 55.3 Å². The van der Waals surface area contributed by atoms with Crippen LogP contribution in [0.25, 0.3) is 0 Å². The molecule has 0 heterocycles. The number of hydrogen-bond acceptors (Lipinski definition) is 6. The fourth-order valence-electron chi connectivity index (χ4n) is 3.29. The van der Waals surface area contributed by atoms with Crippen LogP contribution in [0.3, 0.4) is 0 Å². The van der Waals surface area contributed by atoms with Gasteiger partial charge in [0, 0.05) is 6.42 Å². The molecule has 0 atom stereocenters. The molecule has 7 nitrogen and oxygen atoms in total. The Morgan fingerprint density at radius 2 is 1.42 bits per heavy atom. The summed E-state index contributed by atoms with van der Waals surface area (Å²) in [5, 5.41) is 26.4. The van der Waals surface area contributed by atoms with Crippen molar-refractivity contribution < 1.29 is 31.1 Å². The molecule has 2 aromatic carbocycles. The molecule has 0 aliphatic carbocycles. The first-order valence-corrected chi connectivity index (χ1v) is 11.0. The highest BCUT2D eigenvalue weighted by molar-refractivity contribution is 5.94. The molecule has 2 rings (SSSR count). The lowest BCUT2D eigenvalue weighted by Gasteiger charge is -2.21. The Labute approximate surface area is 221 Å². The van der Waals surface area contributed by atoms with Gasteiger partial charge < -0.3 is 4.90 Å². The van der Waals surface area contributed by atoms with Crippen LogP contribution in [-0.2, 0) is 17.1 Å². The van der Waals surface area contributed by atoms with Crippen LogP contribution in [0.15, 0.2) is 46.7 Å². The Bertz CT molecular complexity index is 1230. The zero-order valence-corrected chi connectivity index (χ0v) is 21.1. The summed E-state index contributed by atoms with van der Waals surface area (Å²) in [7, 11) is 0. The van der Waals surface area contributed by atoms with E-state index in [1.165, 1.54) is 0 Å². The molecule has 2 aromatic rings. The first kappa shape index (κ1) is 32.3. The second kappa shape index (κ2) is 13.7. The predicted molar refractivity (Wildman–Crippen MR) is 129 cm³/mol. The molecule has 1 amide bonds. The molecular weight excluding hydrogens is 538 g/mol. The average Bonchev–Trinajstić information content (AvgIpc) is 2.85. The fourth-order valence-corrected chi connectivity index (χ4v) is 3.29. The highest BCUT2D eigenvalue weighted by atomic mass is 35.5. The van der Waals surface area contributed by atoms with Gasteiger partial charge in [0.2, 0.25) is 5.91 Å². The number of amides is 1. The SMILES string of the molecule is CCN(CC)CCCC(=O)N(N=Nc1cc(C(F)(F)F)ccc1C#N)c1cc(C(F)(F)F)ccc1C#N.Cl. The lowest BCUT2D eigenvalue weighted by molar-refractivity contribution is -0.138. The third-order valence-electron chi connectivity index (χ3n) is 5.36.